The zero-order valence-corrected chi connectivity index (χ0v) is 15.1. The van der Waals surface area contributed by atoms with Crippen molar-refractivity contribution >= 4 is 55.4 Å². The van der Waals surface area contributed by atoms with Crippen molar-refractivity contribution in [1.29, 1.82) is 0 Å². The quantitative estimate of drug-likeness (QED) is 0.635. The summed E-state index contributed by atoms with van der Waals surface area (Å²) in [7, 11) is 0. The molecule has 1 saturated heterocycles. The average Bonchev–Trinajstić information content (AvgIpc) is 3.05. The molecule has 2 aliphatic heterocycles. The number of ether oxygens (including phenoxy) is 1. The summed E-state index contributed by atoms with van der Waals surface area (Å²) in [5, 5.41) is 20.9. The molecule has 3 rings (SSSR count). The van der Waals surface area contributed by atoms with E-state index in [9.17, 15) is 19.5 Å². The number of fused-ring (bicyclic) bond motifs is 2. The lowest BCUT2D eigenvalue weighted by Crippen LogP contribution is -2.40. The SMILES string of the molecule is O=C(O)c1ccc(NC(=O)C2C3OC(C(Br)=C3Br)C2C(=O)O)cc1. The van der Waals surface area contributed by atoms with E-state index in [1.807, 2.05) is 0 Å². The Labute approximate surface area is 152 Å². The molecular formula is C15H11Br2NO6. The minimum absolute atomic E-state index is 0.0919. The largest absolute Gasteiger partial charge is 0.481 e. The molecule has 3 N–H and O–H groups in total. The highest BCUT2D eigenvalue weighted by molar-refractivity contribution is 9.14. The molecule has 126 valence electrons. The van der Waals surface area contributed by atoms with Crippen molar-refractivity contribution in [3.05, 3.63) is 38.8 Å². The predicted octanol–water partition coefficient (Wildman–Crippen LogP) is 2.42. The Morgan fingerprint density at radius 2 is 1.50 bits per heavy atom. The summed E-state index contributed by atoms with van der Waals surface area (Å²) in [4.78, 5) is 34.9. The van der Waals surface area contributed by atoms with Crippen LogP contribution in [0.5, 0.6) is 0 Å². The fourth-order valence-corrected chi connectivity index (χ4v) is 4.15. The van der Waals surface area contributed by atoms with Gasteiger partial charge in [-0.25, -0.2) is 4.79 Å². The zero-order valence-electron chi connectivity index (χ0n) is 11.9. The van der Waals surface area contributed by atoms with E-state index in [1.165, 1.54) is 24.3 Å². The highest BCUT2D eigenvalue weighted by atomic mass is 79.9. The van der Waals surface area contributed by atoms with Crippen LogP contribution >= 0.6 is 31.9 Å². The number of aromatic carboxylic acids is 1. The molecule has 0 saturated carbocycles. The number of carbonyl (C=O) groups is 3. The Morgan fingerprint density at radius 3 is 2.00 bits per heavy atom. The van der Waals surface area contributed by atoms with Gasteiger partial charge in [-0.05, 0) is 24.3 Å². The summed E-state index contributed by atoms with van der Waals surface area (Å²) in [6.07, 6.45) is -1.37. The first-order valence-corrected chi connectivity index (χ1v) is 8.47. The van der Waals surface area contributed by atoms with Crippen LogP contribution in [0.3, 0.4) is 0 Å². The third-order valence-electron chi connectivity index (χ3n) is 4.05. The van der Waals surface area contributed by atoms with E-state index < -0.39 is 41.9 Å². The number of carboxylic acid groups (broad SMARTS) is 2. The van der Waals surface area contributed by atoms with Crippen LogP contribution in [0, 0.1) is 11.8 Å². The molecule has 4 atom stereocenters. The minimum Gasteiger partial charge on any atom is -0.481 e. The molecule has 1 amide bonds. The topological polar surface area (TPSA) is 113 Å². The van der Waals surface area contributed by atoms with Gasteiger partial charge < -0.3 is 20.3 Å². The number of carboxylic acids is 2. The van der Waals surface area contributed by atoms with Gasteiger partial charge >= 0.3 is 11.9 Å². The second-order valence-corrected chi connectivity index (χ2v) is 7.14. The smallest absolute Gasteiger partial charge is 0.335 e. The van der Waals surface area contributed by atoms with Gasteiger partial charge in [0.15, 0.2) is 0 Å². The van der Waals surface area contributed by atoms with Gasteiger partial charge in [-0.2, -0.15) is 0 Å². The van der Waals surface area contributed by atoms with Gasteiger partial charge in [-0.15, -0.1) is 0 Å². The number of carbonyl (C=O) groups excluding carboxylic acids is 1. The minimum atomic E-state index is -1.11. The van der Waals surface area contributed by atoms with Crippen LogP contribution in [0.1, 0.15) is 10.4 Å². The highest BCUT2D eigenvalue weighted by Gasteiger charge is 2.58. The number of hydrogen-bond acceptors (Lipinski definition) is 4. The van der Waals surface area contributed by atoms with E-state index in [4.69, 9.17) is 9.84 Å². The maximum absolute atomic E-state index is 12.6. The molecule has 2 heterocycles. The fourth-order valence-electron chi connectivity index (χ4n) is 2.92. The van der Waals surface area contributed by atoms with Gasteiger partial charge in [0.1, 0.15) is 18.1 Å². The number of amides is 1. The van der Waals surface area contributed by atoms with E-state index >= 15 is 0 Å². The number of halogens is 2. The molecule has 0 spiro atoms. The van der Waals surface area contributed by atoms with Crippen LogP contribution in [-0.2, 0) is 14.3 Å². The van der Waals surface area contributed by atoms with Crippen molar-refractivity contribution in [1.82, 2.24) is 0 Å². The predicted molar refractivity (Wildman–Crippen MR) is 90.2 cm³/mol. The van der Waals surface area contributed by atoms with Gasteiger partial charge in [0.25, 0.3) is 0 Å². The standard InChI is InChI=1S/C15H11Br2NO6/c16-9-10(17)12-8(15(22)23)7(11(9)24-12)13(19)18-6-3-1-5(2-4-6)14(20)21/h1-4,7-8,11-12H,(H,18,19)(H,20,21)(H,22,23). The Morgan fingerprint density at radius 1 is 0.958 bits per heavy atom. The molecule has 1 fully saturated rings. The van der Waals surface area contributed by atoms with Crippen LogP contribution in [0.2, 0.25) is 0 Å². The summed E-state index contributed by atoms with van der Waals surface area (Å²) in [5.41, 5.74) is 0.477. The van der Waals surface area contributed by atoms with Crippen LogP contribution in [-0.4, -0.2) is 40.3 Å². The van der Waals surface area contributed by atoms with Crippen molar-refractivity contribution in [3.8, 4) is 0 Å². The number of benzene rings is 1. The summed E-state index contributed by atoms with van der Waals surface area (Å²) in [6, 6.07) is 5.62. The van der Waals surface area contributed by atoms with Crippen molar-refractivity contribution in [2.75, 3.05) is 5.32 Å². The number of anilines is 1. The van der Waals surface area contributed by atoms with Crippen molar-refractivity contribution in [2.24, 2.45) is 11.8 Å². The average molecular weight is 461 g/mol. The van der Waals surface area contributed by atoms with E-state index in [1.54, 1.807) is 0 Å². The van der Waals surface area contributed by atoms with E-state index in [2.05, 4.69) is 37.2 Å². The van der Waals surface area contributed by atoms with Crippen LogP contribution in [0.15, 0.2) is 33.2 Å². The molecule has 2 bridgehead atoms. The molecule has 2 aliphatic rings. The maximum Gasteiger partial charge on any atom is 0.335 e. The van der Waals surface area contributed by atoms with Gasteiger partial charge in [-0.3, -0.25) is 9.59 Å². The molecule has 0 aromatic heterocycles. The number of hydrogen-bond donors (Lipinski definition) is 3. The molecule has 1 aromatic carbocycles. The van der Waals surface area contributed by atoms with Crippen LogP contribution in [0.25, 0.3) is 0 Å². The van der Waals surface area contributed by atoms with Gasteiger partial charge in [-0.1, -0.05) is 31.9 Å². The molecule has 9 heteroatoms. The lowest BCUT2D eigenvalue weighted by Gasteiger charge is -2.24. The second-order valence-electron chi connectivity index (χ2n) is 5.43. The molecule has 0 aliphatic carbocycles. The Hall–Kier alpha value is -1.71. The lowest BCUT2D eigenvalue weighted by molar-refractivity contribution is -0.146. The van der Waals surface area contributed by atoms with Crippen molar-refractivity contribution in [3.63, 3.8) is 0 Å². The third kappa shape index (κ3) is 2.76. The first-order valence-electron chi connectivity index (χ1n) is 6.89. The summed E-state index contributed by atoms with van der Waals surface area (Å²) in [6.45, 7) is 0. The molecular weight excluding hydrogens is 450 g/mol. The fraction of sp³-hybridized carbons (Fsp3) is 0.267. The molecule has 0 radical (unpaired) electrons. The molecule has 1 aromatic rings. The van der Waals surface area contributed by atoms with Gasteiger partial charge in [0.2, 0.25) is 5.91 Å². The van der Waals surface area contributed by atoms with Crippen molar-refractivity contribution in [2.45, 2.75) is 12.2 Å². The molecule has 7 nitrogen and oxygen atoms in total. The first-order chi connectivity index (χ1) is 11.3. The monoisotopic (exact) mass is 459 g/mol. The van der Waals surface area contributed by atoms with Gasteiger partial charge in [0, 0.05) is 14.7 Å². The van der Waals surface area contributed by atoms with E-state index in [0.29, 0.717) is 14.7 Å². The zero-order chi connectivity index (χ0) is 17.6. The summed E-state index contributed by atoms with van der Waals surface area (Å²) in [5.74, 6) is -4.55. The van der Waals surface area contributed by atoms with Crippen molar-refractivity contribution < 1.29 is 29.3 Å². The number of rotatable bonds is 4. The number of aliphatic carboxylic acids is 1. The van der Waals surface area contributed by atoms with Gasteiger partial charge in [0.05, 0.1) is 11.5 Å². The maximum atomic E-state index is 12.6. The Balaban J connectivity index is 1.81. The normalized spacial score (nSPS) is 28.1. The third-order valence-corrected chi connectivity index (χ3v) is 6.34. The summed E-state index contributed by atoms with van der Waals surface area (Å²) >= 11 is 6.62. The first kappa shape index (κ1) is 17.1. The Kier molecular flexibility index (Phi) is 4.50. The van der Waals surface area contributed by atoms with E-state index in [-0.39, 0.29) is 5.56 Å². The van der Waals surface area contributed by atoms with Crippen LogP contribution in [0.4, 0.5) is 5.69 Å². The second kappa shape index (κ2) is 6.30. The molecule has 4 unspecified atom stereocenters. The van der Waals surface area contributed by atoms with E-state index in [0.717, 1.165) is 0 Å². The van der Waals surface area contributed by atoms with Crippen LogP contribution < -0.4 is 5.32 Å². The lowest BCUT2D eigenvalue weighted by atomic mass is 9.82. The summed E-state index contributed by atoms with van der Waals surface area (Å²) < 4.78 is 6.84. The highest BCUT2D eigenvalue weighted by Crippen LogP contribution is 2.51. The number of nitrogens with one attached hydrogen (secondary N) is 1. The molecule has 24 heavy (non-hydrogen) atoms. The Bertz CT molecular complexity index is 760.